The molecule has 1 aliphatic heterocycles. The zero-order valence-corrected chi connectivity index (χ0v) is 23.9. The van der Waals surface area contributed by atoms with Crippen molar-refractivity contribution in [3.05, 3.63) is 78.8 Å². The largest absolute Gasteiger partial charge is 0.480 e. The Morgan fingerprint density at radius 1 is 0.953 bits per heavy atom. The maximum Gasteiger partial charge on any atom is 0.264 e. The average molecular weight is 609 g/mol. The van der Waals surface area contributed by atoms with Gasteiger partial charge in [0.15, 0.2) is 5.78 Å². The molecule has 1 aliphatic rings. The molecule has 0 saturated carbocycles. The summed E-state index contributed by atoms with van der Waals surface area (Å²) in [4.78, 5) is 39.6. The number of hydrogen-bond donors (Lipinski definition) is 1. The van der Waals surface area contributed by atoms with E-state index in [9.17, 15) is 26.8 Å². The molecule has 5 rings (SSSR count). The number of carbonyl (C=O) groups is 2. The van der Waals surface area contributed by atoms with Crippen molar-refractivity contribution in [3.8, 4) is 17.0 Å². The Morgan fingerprint density at radius 3 is 2.42 bits per heavy atom. The van der Waals surface area contributed by atoms with Gasteiger partial charge in [0, 0.05) is 55.5 Å². The summed E-state index contributed by atoms with van der Waals surface area (Å²) in [6.45, 7) is 3.27. The Labute approximate surface area is 245 Å². The summed E-state index contributed by atoms with van der Waals surface area (Å²) >= 11 is 0. The number of nitrogens with zero attached hydrogens (tertiary/aromatic N) is 5. The van der Waals surface area contributed by atoms with Gasteiger partial charge in [-0.25, -0.2) is 32.2 Å². The van der Waals surface area contributed by atoms with Gasteiger partial charge in [-0.05, 0) is 48.9 Å². The van der Waals surface area contributed by atoms with E-state index < -0.39 is 26.6 Å². The first kappa shape index (κ1) is 29.5. The van der Waals surface area contributed by atoms with Crippen LogP contribution in [0, 0.1) is 11.6 Å². The summed E-state index contributed by atoms with van der Waals surface area (Å²) in [5.74, 6) is -1.97. The van der Waals surface area contributed by atoms with E-state index in [4.69, 9.17) is 4.74 Å². The van der Waals surface area contributed by atoms with E-state index in [1.165, 1.54) is 44.8 Å². The predicted molar refractivity (Wildman–Crippen MR) is 155 cm³/mol. The van der Waals surface area contributed by atoms with Crippen LogP contribution in [-0.4, -0.2) is 73.2 Å². The first-order valence-corrected chi connectivity index (χ1v) is 14.5. The molecule has 0 spiro atoms. The molecule has 1 amide bonds. The number of pyridine rings is 1. The summed E-state index contributed by atoms with van der Waals surface area (Å²) in [6, 6.07) is 9.09. The van der Waals surface area contributed by atoms with Crippen LogP contribution in [0.4, 0.5) is 20.3 Å². The summed E-state index contributed by atoms with van der Waals surface area (Å²) in [5.41, 5.74) is 1.80. The van der Waals surface area contributed by atoms with Gasteiger partial charge in [0.2, 0.25) is 11.8 Å². The highest BCUT2D eigenvalue weighted by atomic mass is 32.2. The number of amides is 1. The smallest absolute Gasteiger partial charge is 0.264 e. The monoisotopic (exact) mass is 608 g/mol. The zero-order chi connectivity index (χ0) is 30.7. The van der Waals surface area contributed by atoms with Gasteiger partial charge in [-0.2, -0.15) is 0 Å². The minimum atomic E-state index is -4.45. The lowest BCUT2D eigenvalue weighted by Gasteiger charge is -2.35. The molecule has 1 fully saturated rings. The topological polar surface area (TPSA) is 135 Å². The van der Waals surface area contributed by atoms with Crippen LogP contribution in [0.1, 0.15) is 6.92 Å². The van der Waals surface area contributed by atoms with Crippen LogP contribution >= 0.6 is 0 Å². The molecular weight excluding hydrogens is 582 g/mol. The lowest BCUT2D eigenvalue weighted by Crippen LogP contribution is -2.48. The number of halogens is 2. The van der Waals surface area contributed by atoms with Gasteiger partial charge >= 0.3 is 0 Å². The highest BCUT2D eigenvalue weighted by Crippen LogP contribution is 2.33. The number of nitrogens with one attached hydrogen (secondary N) is 1. The Morgan fingerprint density at radius 2 is 1.72 bits per heavy atom. The van der Waals surface area contributed by atoms with Crippen LogP contribution in [0.2, 0.25) is 0 Å². The molecule has 43 heavy (non-hydrogen) atoms. The number of sulfonamides is 1. The molecule has 3 heterocycles. The first-order valence-electron chi connectivity index (χ1n) is 13.1. The second kappa shape index (κ2) is 12.1. The summed E-state index contributed by atoms with van der Waals surface area (Å²) in [6.07, 6.45) is 5.48. The summed E-state index contributed by atoms with van der Waals surface area (Å²) < 4.78 is 61.1. The molecule has 0 bridgehead atoms. The van der Waals surface area contributed by atoms with Crippen molar-refractivity contribution in [2.45, 2.75) is 11.8 Å². The lowest BCUT2D eigenvalue weighted by molar-refractivity contribution is -0.126. The van der Waals surface area contributed by atoms with Gasteiger partial charge in [0.05, 0.1) is 12.6 Å². The van der Waals surface area contributed by atoms with Crippen molar-refractivity contribution in [3.63, 3.8) is 0 Å². The van der Waals surface area contributed by atoms with E-state index in [1.54, 1.807) is 17.0 Å². The van der Waals surface area contributed by atoms with E-state index in [1.807, 2.05) is 11.0 Å². The molecule has 0 radical (unpaired) electrons. The SMILES string of the molecule is COc1ncc(-c2ccc3ncnc(N4CCN(C(=O)/C=C/C(C)=O)CC4)c3c2)cc1NS(=O)(=O)c1ccc(F)cc1F. The second-order valence-electron chi connectivity index (χ2n) is 9.65. The number of methoxy groups -OCH3 is 1. The minimum absolute atomic E-state index is 0.0482. The maximum absolute atomic E-state index is 14.3. The Balaban J connectivity index is 1.43. The van der Waals surface area contributed by atoms with E-state index in [0.29, 0.717) is 54.7 Å². The van der Waals surface area contributed by atoms with E-state index in [0.717, 1.165) is 17.5 Å². The average Bonchev–Trinajstić information content (AvgIpc) is 2.99. The minimum Gasteiger partial charge on any atom is -0.480 e. The number of piperazine rings is 1. The predicted octanol–water partition coefficient (Wildman–Crippen LogP) is 3.57. The standard InChI is InChI=1S/C29H26F2N6O5S/c1-18(38)3-8-27(39)36-9-11-37(12-10-36)28-22-13-19(4-6-24(22)33-17-34-28)20-14-25(29(42-2)32-16-20)35-43(40,41)26-7-5-21(30)15-23(26)31/h3-8,13-17,35H,9-12H2,1-2H3/b8-3+. The number of ketones is 1. The highest BCUT2D eigenvalue weighted by molar-refractivity contribution is 7.92. The van der Waals surface area contributed by atoms with Gasteiger partial charge < -0.3 is 14.5 Å². The van der Waals surface area contributed by atoms with E-state index in [2.05, 4.69) is 19.7 Å². The fourth-order valence-electron chi connectivity index (χ4n) is 4.65. The lowest BCUT2D eigenvalue weighted by atomic mass is 10.0. The molecule has 11 nitrogen and oxygen atoms in total. The molecule has 0 atom stereocenters. The van der Waals surface area contributed by atoms with Crippen LogP contribution in [0.3, 0.4) is 0 Å². The fraction of sp³-hybridized carbons (Fsp3) is 0.207. The Bertz CT molecular complexity index is 1860. The Hall–Kier alpha value is -4.98. The van der Waals surface area contributed by atoms with Crippen molar-refractivity contribution in [1.29, 1.82) is 0 Å². The van der Waals surface area contributed by atoms with Crippen molar-refractivity contribution in [2.75, 3.05) is 42.9 Å². The summed E-state index contributed by atoms with van der Waals surface area (Å²) in [5, 5.41) is 0.725. The van der Waals surface area contributed by atoms with Gasteiger partial charge in [0.1, 0.15) is 34.4 Å². The zero-order valence-electron chi connectivity index (χ0n) is 23.1. The van der Waals surface area contributed by atoms with Crippen molar-refractivity contribution < 1.29 is 31.5 Å². The van der Waals surface area contributed by atoms with Crippen LogP contribution in [-0.2, 0) is 19.6 Å². The van der Waals surface area contributed by atoms with E-state index in [-0.39, 0.29) is 23.3 Å². The molecule has 222 valence electrons. The quantitative estimate of drug-likeness (QED) is 0.298. The van der Waals surface area contributed by atoms with Crippen LogP contribution in [0.15, 0.2) is 72.0 Å². The fourth-order valence-corrected chi connectivity index (χ4v) is 5.75. The van der Waals surface area contributed by atoms with Crippen LogP contribution in [0.5, 0.6) is 5.88 Å². The molecular formula is C29H26F2N6O5S. The van der Waals surface area contributed by atoms with E-state index >= 15 is 0 Å². The summed E-state index contributed by atoms with van der Waals surface area (Å²) in [7, 11) is -3.14. The first-order chi connectivity index (χ1) is 20.6. The molecule has 0 unspecified atom stereocenters. The Kier molecular flexibility index (Phi) is 8.30. The van der Waals surface area contributed by atoms with Gasteiger partial charge in [-0.1, -0.05) is 6.07 Å². The van der Waals surface area contributed by atoms with Crippen LogP contribution < -0.4 is 14.4 Å². The number of benzene rings is 2. The number of allylic oxidation sites excluding steroid dienone is 1. The van der Waals surface area contributed by atoms with Gasteiger partial charge in [-0.15, -0.1) is 0 Å². The molecule has 2 aromatic carbocycles. The number of ether oxygens (including phenoxy) is 1. The number of carbonyl (C=O) groups excluding carboxylic acids is 2. The molecule has 4 aromatic rings. The molecule has 1 N–H and O–H groups in total. The third-order valence-electron chi connectivity index (χ3n) is 6.77. The molecule has 0 aliphatic carbocycles. The van der Waals surface area contributed by atoms with Gasteiger partial charge in [0.25, 0.3) is 10.0 Å². The number of aromatic nitrogens is 3. The molecule has 14 heteroatoms. The number of fused-ring (bicyclic) bond motifs is 1. The number of rotatable bonds is 8. The van der Waals surface area contributed by atoms with Crippen molar-refractivity contribution in [2.24, 2.45) is 0 Å². The van der Waals surface area contributed by atoms with Crippen molar-refractivity contribution in [1.82, 2.24) is 19.9 Å². The third-order valence-corrected chi connectivity index (χ3v) is 8.17. The van der Waals surface area contributed by atoms with Crippen LogP contribution in [0.25, 0.3) is 22.0 Å². The second-order valence-corrected chi connectivity index (χ2v) is 11.3. The maximum atomic E-state index is 14.3. The number of hydrogen-bond acceptors (Lipinski definition) is 9. The molecule has 2 aromatic heterocycles. The third kappa shape index (κ3) is 6.43. The highest BCUT2D eigenvalue weighted by Gasteiger charge is 2.24. The normalized spacial score (nSPS) is 13.9. The van der Waals surface area contributed by atoms with Crippen molar-refractivity contribution >= 4 is 44.1 Å². The van der Waals surface area contributed by atoms with Gasteiger partial charge in [-0.3, -0.25) is 14.3 Å². The molecule has 1 saturated heterocycles. The number of anilines is 2.